The van der Waals surface area contributed by atoms with E-state index in [1.54, 1.807) is 0 Å². The summed E-state index contributed by atoms with van der Waals surface area (Å²) in [4.78, 5) is 13.8. The molecule has 4 nitrogen and oxygen atoms in total. The highest BCUT2D eigenvalue weighted by atomic mass is 16.2. The second kappa shape index (κ2) is 6.81. The average Bonchev–Trinajstić information content (AvgIpc) is 2.93. The van der Waals surface area contributed by atoms with Gasteiger partial charge in [-0.1, -0.05) is 17.9 Å². The number of benzene rings is 1. The van der Waals surface area contributed by atoms with E-state index >= 15 is 0 Å². The summed E-state index contributed by atoms with van der Waals surface area (Å²) in [5.41, 5.74) is 1.60. The van der Waals surface area contributed by atoms with Crippen molar-refractivity contribution in [2.75, 3.05) is 25.0 Å². The molecule has 19 heavy (non-hydrogen) atoms. The maximum Gasteiger partial charge on any atom is 0.321 e. The lowest BCUT2D eigenvalue weighted by atomic mass is 10.2. The zero-order valence-electron chi connectivity index (χ0n) is 10.9. The second-order valence-corrected chi connectivity index (χ2v) is 4.48. The van der Waals surface area contributed by atoms with E-state index in [2.05, 4.69) is 17.2 Å². The Morgan fingerprint density at radius 2 is 2.16 bits per heavy atom. The fourth-order valence-corrected chi connectivity index (χ4v) is 2.02. The number of urea groups is 1. The van der Waals surface area contributed by atoms with Crippen LogP contribution in [-0.4, -0.2) is 35.7 Å². The van der Waals surface area contributed by atoms with Crippen LogP contribution in [0.3, 0.4) is 0 Å². The topological polar surface area (TPSA) is 52.6 Å². The van der Waals surface area contributed by atoms with Crippen molar-refractivity contribution in [3.05, 3.63) is 29.8 Å². The molecule has 2 amide bonds. The molecule has 100 valence electrons. The van der Waals surface area contributed by atoms with Crippen LogP contribution in [0.4, 0.5) is 10.5 Å². The van der Waals surface area contributed by atoms with Crippen LogP contribution in [0.2, 0.25) is 0 Å². The van der Waals surface area contributed by atoms with Gasteiger partial charge in [0, 0.05) is 30.8 Å². The van der Waals surface area contributed by atoms with Crippen LogP contribution in [0.25, 0.3) is 0 Å². The maximum atomic E-state index is 11.9. The van der Waals surface area contributed by atoms with Crippen LogP contribution in [0, 0.1) is 11.8 Å². The first-order valence-electron chi connectivity index (χ1n) is 6.55. The van der Waals surface area contributed by atoms with E-state index in [1.807, 2.05) is 29.2 Å². The predicted molar refractivity (Wildman–Crippen MR) is 74.8 cm³/mol. The quantitative estimate of drug-likeness (QED) is 0.798. The van der Waals surface area contributed by atoms with E-state index < -0.39 is 0 Å². The predicted octanol–water partition coefficient (Wildman–Crippen LogP) is 2.05. The number of likely N-dealkylation sites (tertiary alicyclic amines) is 1. The van der Waals surface area contributed by atoms with E-state index in [0.717, 1.165) is 37.2 Å². The molecule has 1 aliphatic heterocycles. The molecule has 1 aromatic carbocycles. The van der Waals surface area contributed by atoms with E-state index in [0.29, 0.717) is 6.42 Å². The van der Waals surface area contributed by atoms with Crippen molar-refractivity contribution in [3.8, 4) is 11.8 Å². The number of carbonyl (C=O) groups excluding carboxylic acids is 1. The molecule has 1 heterocycles. The monoisotopic (exact) mass is 258 g/mol. The first-order chi connectivity index (χ1) is 9.29. The number of amides is 2. The summed E-state index contributed by atoms with van der Waals surface area (Å²) in [6, 6.07) is 7.40. The van der Waals surface area contributed by atoms with E-state index in [-0.39, 0.29) is 12.6 Å². The average molecular weight is 258 g/mol. The number of nitrogens with zero attached hydrogens (tertiary/aromatic N) is 1. The van der Waals surface area contributed by atoms with Crippen molar-refractivity contribution in [1.29, 1.82) is 0 Å². The first-order valence-corrected chi connectivity index (χ1v) is 6.55. The molecule has 1 aromatic rings. The van der Waals surface area contributed by atoms with Gasteiger partial charge in [-0.2, -0.15) is 0 Å². The summed E-state index contributed by atoms with van der Waals surface area (Å²) in [5, 5.41) is 11.6. The van der Waals surface area contributed by atoms with Crippen LogP contribution in [0.5, 0.6) is 0 Å². The van der Waals surface area contributed by atoms with Crippen LogP contribution in [0.1, 0.15) is 24.8 Å². The lowest BCUT2D eigenvalue weighted by Gasteiger charge is -2.16. The van der Waals surface area contributed by atoms with Crippen molar-refractivity contribution in [1.82, 2.24) is 4.90 Å². The maximum absolute atomic E-state index is 11.9. The minimum Gasteiger partial charge on any atom is -0.395 e. The minimum atomic E-state index is -0.0435. The van der Waals surface area contributed by atoms with Gasteiger partial charge < -0.3 is 15.3 Å². The Labute approximate surface area is 113 Å². The highest BCUT2D eigenvalue weighted by Crippen LogP contribution is 2.13. The molecule has 2 N–H and O–H groups in total. The number of carbonyl (C=O) groups is 1. The summed E-state index contributed by atoms with van der Waals surface area (Å²) in [6.45, 7) is 1.74. The molecule has 0 saturated carbocycles. The highest BCUT2D eigenvalue weighted by molar-refractivity contribution is 5.89. The molecule has 0 atom stereocenters. The molecule has 1 aliphatic rings. The highest BCUT2D eigenvalue weighted by Gasteiger charge is 2.17. The Balaban J connectivity index is 1.98. The zero-order valence-corrected chi connectivity index (χ0v) is 10.9. The fourth-order valence-electron chi connectivity index (χ4n) is 2.02. The molecule has 1 saturated heterocycles. The van der Waals surface area contributed by atoms with Gasteiger partial charge in [-0.25, -0.2) is 4.79 Å². The summed E-state index contributed by atoms with van der Waals surface area (Å²) >= 11 is 0. The Morgan fingerprint density at radius 1 is 1.37 bits per heavy atom. The molecule has 1 fully saturated rings. The van der Waals surface area contributed by atoms with E-state index in [9.17, 15) is 4.79 Å². The molecule has 0 unspecified atom stereocenters. The molecule has 2 rings (SSSR count). The zero-order chi connectivity index (χ0) is 13.5. The molecular weight excluding hydrogens is 240 g/mol. The first kappa shape index (κ1) is 13.4. The fraction of sp³-hybridized carbons (Fsp3) is 0.400. The molecule has 0 radical (unpaired) electrons. The van der Waals surface area contributed by atoms with Gasteiger partial charge in [0.1, 0.15) is 0 Å². The van der Waals surface area contributed by atoms with Gasteiger partial charge in [0.05, 0.1) is 6.61 Å². The molecule has 0 bridgehead atoms. The number of nitrogens with one attached hydrogen (secondary N) is 1. The summed E-state index contributed by atoms with van der Waals surface area (Å²) in [7, 11) is 0. The van der Waals surface area contributed by atoms with E-state index in [4.69, 9.17) is 5.11 Å². The van der Waals surface area contributed by atoms with Crippen LogP contribution in [0.15, 0.2) is 24.3 Å². The van der Waals surface area contributed by atoms with Gasteiger partial charge >= 0.3 is 6.03 Å². The number of rotatable bonds is 2. The third-order valence-corrected chi connectivity index (χ3v) is 2.98. The summed E-state index contributed by atoms with van der Waals surface area (Å²) in [5.74, 6) is 5.82. The largest absolute Gasteiger partial charge is 0.395 e. The van der Waals surface area contributed by atoms with Crippen molar-refractivity contribution in [2.45, 2.75) is 19.3 Å². The standard InChI is InChI=1S/C15H18N2O2/c18-11-4-1-6-13-7-5-8-14(12-13)16-15(19)17-9-2-3-10-17/h5,7-8,12,18H,2-4,9-11H2,(H,16,19). The Morgan fingerprint density at radius 3 is 2.89 bits per heavy atom. The third kappa shape index (κ3) is 4.01. The number of hydrogen-bond donors (Lipinski definition) is 2. The molecule has 0 spiro atoms. The number of aliphatic hydroxyl groups excluding tert-OH is 1. The minimum absolute atomic E-state index is 0.0435. The van der Waals surface area contributed by atoms with Gasteiger partial charge in [-0.05, 0) is 31.0 Å². The van der Waals surface area contributed by atoms with Gasteiger partial charge in [0.2, 0.25) is 0 Å². The van der Waals surface area contributed by atoms with Crippen LogP contribution < -0.4 is 5.32 Å². The second-order valence-electron chi connectivity index (χ2n) is 4.48. The van der Waals surface area contributed by atoms with Crippen LogP contribution in [-0.2, 0) is 0 Å². The van der Waals surface area contributed by atoms with Gasteiger partial charge in [0.15, 0.2) is 0 Å². The van der Waals surface area contributed by atoms with E-state index in [1.165, 1.54) is 0 Å². The lowest BCUT2D eigenvalue weighted by Crippen LogP contribution is -2.32. The molecule has 0 aliphatic carbocycles. The van der Waals surface area contributed by atoms with Crippen molar-refractivity contribution in [3.63, 3.8) is 0 Å². The number of aliphatic hydroxyl groups is 1. The third-order valence-electron chi connectivity index (χ3n) is 2.98. The van der Waals surface area contributed by atoms with Crippen LogP contribution >= 0.6 is 0 Å². The van der Waals surface area contributed by atoms with Gasteiger partial charge in [-0.3, -0.25) is 0 Å². The SMILES string of the molecule is O=C(Nc1cccc(C#CCCO)c1)N1CCCC1. The lowest BCUT2D eigenvalue weighted by molar-refractivity contribution is 0.222. The number of anilines is 1. The Hall–Kier alpha value is -1.99. The Kier molecular flexibility index (Phi) is 4.82. The summed E-state index contributed by atoms with van der Waals surface area (Å²) in [6.07, 6.45) is 2.63. The normalized spacial score (nSPS) is 13.8. The number of hydrogen-bond acceptors (Lipinski definition) is 2. The molecule has 4 heteroatoms. The summed E-state index contributed by atoms with van der Waals surface area (Å²) < 4.78 is 0. The van der Waals surface area contributed by atoms with Crippen molar-refractivity contribution < 1.29 is 9.90 Å². The Bertz CT molecular complexity index is 496. The van der Waals surface area contributed by atoms with Crippen molar-refractivity contribution in [2.24, 2.45) is 0 Å². The van der Waals surface area contributed by atoms with Gasteiger partial charge in [-0.15, -0.1) is 0 Å². The van der Waals surface area contributed by atoms with Gasteiger partial charge in [0.25, 0.3) is 0 Å². The smallest absolute Gasteiger partial charge is 0.321 e. The van der Waals surface area contributed by atoms with Crippen molar-refractivity contribution >= 4 is 11.7 Å². The molecular formula is C15H18N2O2. The molecule has 0 aromatic heterocycles.